The molecule has 1 amide bonds. The van der Waals surface area contributed by atoms with Gasteiger partial charge in [0, 0.05) is 42.3 Å². The standard InChI is InChI=1S/C29H25F4N3O2S/c30-24-11-12-25(26-22(24)5-3-15-34-26)39-35-21-9-7-19(8-10-21)27(37)36-16-13-28(38,14-17-36)18-20-4-1-2-6-23(20)29(31,32)33/h1-12,15,35,38H,13-14,16-18H2. The van der Waals surface area contributed by atoms with Gasteiger partial charge in [0.2, 0.25) is 0 Å². The number of piperidine rings is 1. The number of fused-ring (bicyclic) bond motifs is 1. The molecule has 1 fully saturated rings. The van der Waals surface area contributed by atoms with Gasteiger partial charge in [-0.1, -0.05) is 18.2 Å². The molecule has 0 spiro atoms. The van der Waals surface area contributed by atoms with Crippen LogP contribution in [0.5, 0.6) is 0 Å². The molecule has 0 aliphatic carbocycles. The van der Waals surface area contributed by atoms with Crippen molar-refractivity contribution in [3.8, 4) is 0 Å². The summed E-state index contributed by atoms with van der Waals surface area (Å²) in [5.74, 6) is -0.548. The van der Waals surface area contributed by atoms with Gasteiger partial charge in [-0.25, -0.2) is 4.39 Å². The number of nitrogens with zero attached hydrogens (tertiary/aromatic N) is 2. The van der Waals surface area contributed by atoms with Crippen molar-refractivity contribution < 1.29 is 27.5 Å². The van der Waals surface area contributed by atoms with Crippen molar-refractivity contribution in [1.82, 2.24) is 9.88 Å². The number of aromatic nitrogens is 1. The maximum absolute atomic E-state index is 14.0. The summed E-state index contributed by atoms with van der Waals surface area (Å²) in [6.45, 7) is 0.480. The highest BCUT2D eigenvalue weighted by Gasteiger charge is 2.38. The van der Waals surface area contributed by atoms with E-state index in [-0.39, 0.29) is 49.6 Å². The minimum absolute atomic E-state index is 0.0534. The monoisotopic (exact) mass is 555 g/mol. The van der Waals surface area contributed by atoms with Crippen molar-refractivity contribution in [1.29, 1.82) is 0 Å². The number of likely N-dealkylation sites (tertiary alicyclic amines) is 1. The SMILES string of the molecule is O=C(c1ccc(NSc2ccc(F)c3cccnc23)cc1)N1CCC(O)(Cc2ccccc2C(F)(F)F)CC1. The average molecular weight is 556 g/mol. The maximum Gasteiger partial charge on any atom is 0.416 e. The van der Waals surface area contributed by atoms with Crippen molar-refractivity contribution in [3.63, 3.8) is 0 Å². The second-order valence-corrected chi connectivity index (χ2v) is 10.4. The first-order valence-electron chi connectivity index (χ1n) is 12.4. The number of nitrogens with one attached hydrogen (secondary N) is 1. The van der Waals surface area contributed by atoms with Crippen LogP contribution in [-0.4, -0.2) is 39.6 Å². The van der Waals surface area contributed by atoms with Gasteiger partial charge in [-0.3, -0.25) is 9.78 Å². The first-order chi connectivity index (χ1) is 18.6. The number of alkyl halides is 3. The van der Waals surface area contributed by atoms with Crippen molar-refractivity contribution in [2.24, 2.45) is 0 Å². The van der Waals surface area contributed by atoms with Crippen LogP contribution < -0.4 is 4.72 Å². The fourth-order valence-electron chi connectivity index (χ4n) is 4.78. The zero-order valence-electron chi connectivity index (χ0n) is 20.7. The maximum atomic E-state index is 14.0. The van der Waals surface area contributed by atoms with E-state index in [9.17, 15) is 27.5 Å². The zero-order valence-corrected chi connectivity index (χ0v) is 21.5. The molecule has 1 aromatic heterocycles. The molecule has 0 bridgehead atoms. The van der Waals surface area contributed by atoms with Crippen LogP contribution >= 0.6 is 11.9 Å². The molecule has 0 unspecified atom stereocenters. The second kappa shape index (κ2) is 10.9. The lowest BCUT2D eigenvalue weighted by Crippen LogP contribution is -2.48. The van der Waals surface area contributed by atoms with Gasteiger partial charge in [0.25, 0.3) is 5.91 Å². The van der Waals surface area contributed by atoms with Gasteiger partial charge in [0.15, 0.2) is 0 Å². The summed E-state index contributed by atoms with van der Waals surface area (Å²) in [6, 6.07) is 18.6. The van der Waals surface area contributed by atoms with Crippen molar-refractivity contribution in [2.45, 2.75) is 35.9 Å². The first-order valence-corrected chi connectivity index (χ1v) is 13.2. The Balaban J connectivity index is 1.19. The lowest BCUT2D eigenvalue weighted by Gasteiger charge is -2.38. The van der Waals surface area contributed by atoms with E-state index < -0.39 is 17.3 Å². The van der Waals surface area contributed by atoms with Crippen LogP contribution in [0, 0.1) is 5.82 Å². The van der Waals surface area contributed by atoms with Gasteiger partial charge >= 0.3 is 6.18 Å². The van der Waals surface area contributed by atoms with E-state index in [1.54, 1.807) is 53.6 Å². The smallest absolute Gasteiger partial charge is 0.389 e. The van der Waals surface area contributed by atoms with Crippen LogP contribution in [0.1, 0.15) is 34.3 Å². The van der Waals surface area contributed by atoms with Gasteiger partial charge in [0.05, 0.1) is 21.6 Å². The van der Waals surface area contributed by atoms with E-state index in [0.29, 0.717) is 16.5 Å². The van der Waals surface area contributed by atoms with Crippen LogP contribution in [-0.2, 0) is 12.6 Å². The number of amides is 1. The van der Waals surface area contributed by atoms with Crippen LogP contribution in [0.15, 0.2) is 83.9 Å². The minimum Gasteiger partial charge on any atom is -0.389 e. The predicted octanol–water partition coefficient (Wildman–Crippen LogP) is 6.72. The summed E-state index contributed by atoms with van der Waals surface area (Å²) in [5.41, 5.74) is -0.254. The number of hydrogen-bond acceptors (Lipinski definition) is 5. The largest absolute Gasteiger partial charge is 0.416 e. The van der Waals surface area contributed by atoms with E-state index in [4.69, 9.17) is 0 Å². The molecule has 5 nitrogen and oxygen atoms in total. The fraction of sp³-hybridized carbons (Fsp3) is 0.241. The van der Waals surface area contributed by atoms with Crippen LogP contribution in [0.4, 0.5) is 23.2 Å². The van der Waals surface area contributed by atoms with Crippen LogP contribution in [0.25, 0.3) is 10.9 Å². The highest BCUT2D eigenvalue weighted by atomic mass is 32.2. The Hall–Kier alpha value is -3.63. The quantitative estimate of drug-likeness (QED) is 0.204. The Morgan fingerprint density at radius 3 is 2.44 bits per heavy atom. The summed E-state index contributed by atoms with van der Waals surface area (Å²) < 4.78 is 57.3. The van der Waals surface area contributed by atoms with E-state index in [0.717, 1.165) is 16.6 Å². The van der Waals surface area contributed by atoms with Crippen molar-refractivity contribution in [3.05, 3.63) is 102 Å². The Bertz CT molecular complexity index is 1490. The number of pyridine rings is 1. The molecule has 3 aromatic carbocycles. The van der Waals surface area contributed by atoms with Gasteiger partial charge in [-0.05, 0) is 85.0 Å². The average Bonchev–Trinajstić information content (AvgIpc) is 2.93. The highest BCUT2D eigenvalue weighted by molar-refractivity contribution is 8.00. The van der Waals surface area contributed by atoms with Crippen molar-refractivity contribution in [2.75, 3.05) is 17.8 Å². The van der Waals surface area contributed by atoms with Gasteiger partial charge in [-0.2, -0.15) is 13.2 Å². The molecule has 2 N–H and O–H groups in total. The number of benzene rings is 3. The number of carbonyl (C=O) groups is 1. The van der Waals surface area contributed by atoms with E-state index in [2.05, 4.69) is 9.71 Å². The molecule has 0 saturated carbocycles. The number of hydrogen-bond donors (Lipinski definition) is 2. The van der Waals surface area contributed by atoms with Gasteiger partial charge < -0.3 is 14.7 Å². The Morgan fingerprint density at radius 1 is 1.00 bits per heavy atom. The first kappa shape index (κ1) is 27.0. The molecule has 1 aliphatic heterocycles. The number of rotatable bonds is 6. The lowest BCUT2D eigenvalue weighted by atomic mass is 9.83. The molecule has 202 valence electrons. The van der Waals surface area contributed by atoms with Gasteiger partial charge in [-0.15, -0.1) is 0 Å². The third-order valence-electron chi connectivity index (χ3n) is 6.91. The van der Waals surface area contributed by atoms with Crippen LogP contribution in [0.2, 0.25) is 0 Å². The molecule has 0 atom stereocenters. The Morgan fingerprint density at radius 2 is 1.72 bits per heavy atom. The Labute approximate surface area is 227 Å². The third kappa shape index (κ3) is 6.02. The van der Waals surface area contributed by atoms with Crippen molar-refractivity contribution >= 4 is 34.4 Å². The van der Waals surface area contributed by atoms with Crippen LogP contribution in [0.3, 0.4) is 0 Å². The zero-order chi connectivity index (χ0) is 27.6. The van der Waals surface area contributed by atoms with E-state index >= 15 is 0 Å². The molecule has 1 saturated heterocycles. The number of anilines is 1. The summed E-state index contributed by atoms with van der Waals surface area (Å²) in [6.07, 6.45) is -2.65. The minimum atomic E-state index is -4.49. The normalized spacial score (nSPS) is 15.4. The molecular formula is C29H25F4N3O2S. The molecule has 10 heteroatoms. The lowest BCUT2D eigenvalue weighted by molar-refractivity contribution is -0.138. The molecule has 0 radical (unpaired) electrons. The third-order valence-corrected chi connectivity index (χ3v) is 7.80. The highest BCUT2D eigenvalue weighted by Crippen LogP contribution is 2.36. The topological polar surface area (TPSA) is 65.5 Å². The summed E-state index contributed by atoms with van der Waals surface area (Å²) in [5, 5.41) is 11.4. The Kier molecular flexibility index (Phi) is 7.51. The predicted molar refractivity (Wildman–Crippen MR) is 143 cm³/mol. The molecule has 1 aliphatic rings. The molecule has 5 rings (SSSR count). The molecular weight excluding hydrogens is 530 g/mol. The number of carbonyl (C=O) groups excluding carboxylic acids is 1. The van der Waals surface area contributed by atoms with Gasteiger partial charge in [0.1, 0.15) is 5.82 Å². The molecule has 4 aromatic rings. The molecule has 2 heterocycles. The summed E-state index contributed by atoms with van der Waals surface area (Å²) >= 11 is 1.28. The molecule has 39 heavy (non-hydrogen) atoms. The summed E-state index contributed by atoms with van der Waals surface area (Å²) in [7, 11) is 0. The number of aliphatic hydroxyl groups is 1. The summed E-state index contributed by atoms with van der Waals surface area (Å²) in [4.78, 5) is 19.7. The number of halogens is 4. The van der Waals surface area contributed by atoms with E-state index in [1.165, 1.54) is 36.2 Å². The fourth-order valence-corrected chi connectivity index (χ4v) is 5.54. The second-order valence-electron chi connectivity index (χ2n) is 9.57. The van der Waals surface area contributed by atoms with E-state index in [1.807, 2.05) is 0 Å².